The number of methoxy groups -OCH3 is 1. The van der Waals surface area contributed by atoms with Crippen LogP contribution in [0.1, 0.15) is 52.9 Å². The summed E-state index contributed by atoms with van der Waals surface area (Å²) in [4.78, 5) is 11.8. The van der Waals surface area contributed by atoms with Crippen LogP contribution in [0.4, 0.5) is 0 Å². The van der Waals surface area contributed by atoms with E-state index in [1.807, 2.05) is 26.8 Å². The van der Waals surface area contributed by atoms with Crippen molar-refractivity contribution in [1.29, 1.82) is 0 Å². The molecule has 3 rings (SSSR count). The van der Waals surface area contributed by atoms with Crippen molar-refractivity contribution in [2.24, 2.45) is 0 Å². The molecule has 0 unspecified atom stereocenters. The third-order valence-corrected chi connectivity index (χ3v) is 6.34. The van der Waals surface area contributed by atoms with Crippen LogP contribution in [0.3, 0.4) is 0 Å². The predicted molar refractivity (Wildman–Crippen MR) is 113 cm³/mol. The van der Waals surface area contributed by atoms with Crippen LogP contribution in [0, 0.1) is 6.92 Å². The van der Waals surface area contributed by atoms with Gasteiger partial charge in [0.2, 0.25) is 0 Å². The Balaban J connectivity index is 1.88. The second-order valence-electron chi connectivity index (χ2n) is 9.06. The molecule has 2 fully saturated rings. The summed E-state index contributed by atoms with van der Waals surface area (Å²) in [6.45, 7) is 12.6. The highest BCUT2D eigenvalue weighted by Crippen LogP contribution is 2.55. The SMILES string of the molecule is COc1cc(=O)oc(/C(C)=C/[C@](C)(O)[C@H](O)/C(C)=C/[C@]2(C)O[C@H](C)[C@@]3(C)O[C@H]32)c1C. The van der Waals surface area contributed by atoms with Crippen molar-refractivity contribution in [3.63, 3.8) is 0 Å². The molecule has 7 heteroatoms. The van der Waals surface area contributed by atoms with Crippen LogP contribution in [-0.2, 0) is 9.47 Å². The van der Waals surface area contributed by atoms with Gasteiger partial charge in [0.1, 0.15) is 40.5 Å². The largest absolute Gasteiger partial charge is 0.496 e. The summed E-state index contributed by atoms with van der Waals surface area (Å²) in [5, 5.41) is 21.9. The van der Waals surface area contributed by atoms with Crippen molar-refractivity contribution in [2.45, 2.75) is 83.6 Å². The summed E-state index contributed by atoms with van der Waals surface area (Å²) in [5.41, 5.74) is -1.45. The van der Waals surface area contributed by atoms with E-state index in [-0.39, 0.29) is 17.8 Å². The van der Waals surface area contributed by atoms with Gasteiger partial charge < -0.3 is 28.8 Å². The first-order valence-electron chi connectivity index (χ1n) is 10.1. The molecule has 0 radical (unpaired) electrons. The zero-order valence-electron chi connectivity index (χ0n) is 18.9. The summed E-state index contributed by atoms with van der Waals surface area (Å²) >= 11 is 0. The van der Waals surface area contributed by atoms with E-state index in [1.165, 1.54) is 26.2 Å². The lowest BCUT2D eigenvalue weighted by Gasteiger charge is -2.30. The van der Waals surface area contributed by atoms with E-state index in [4.69, 9.17) is 18.6 Å². The van der Waals surface area contributed by atoms with Crippen LogP contribution in [-0.4, -0.2) is 52.4 Å². The quantitative estimate of drug-likeness (QED) is 0.539. The molecule has 2 N–H and O–H groups in total. The predicted octanol–water partition coefficient (Wildman–Crippen LogP) is 2.75. The monoisotopic (exact) mass is 420 g/mol. The average molecular weight is 421 g/mol. The highest BCUT2D eigenvalue weighted by Gasteiger charge is 2.71. The van der Waals surface area contributed by atoms with E-state index in [1.54, 1.807) is 20.8 Å². The van der Waals surface area contributed by atoms with Gasteiger partial charge in [0.25, 0.3) is 0 Å². The Bertz CT molecular complexity index is 957. The van der Waals surface area contributed by atoms with Gasteiger partial charge in [-0.15, -0.1) is 0 Å². The van der Waals surface area contributed by atoms with Crippen molar-refractivity contribution >= 4 is 5.57 Å². The fourth-order valence-corrected chi connectivity index (χ4v) is 4.58. The number of ether oxygens (including phenoxy) is 3. The maximum Gasteiger partial charge on any atom is 0.339 e. The molecule has 7 nitrogen and oxygen atoms in total. The van der Waals surface area contributed by atoms with Gasteiger partial charge in [-0.25, -0.2) is 4.79 Å². The number of allylic oxidation sites excluding steroid dienone is 1. The molecular formula is C23H32O7. The summed E-state index contributed by atoms with van der Waals surface area (Å²) < 4.78 is 22.4. The standard InChI is InChI=1S/C23H32O7/c1-12(18-14(3)16(27-8)9-17(24)28-18)10-21(5,26)19(25)13(2)11-22(6)20-23(7,30-20)15(4)29-22/h9-11,15,19-20,25-26H,1-8H3/b12-10+,13-11+/t15-,19-,20+,21+,22+,23-/m1/s1. The summed E-state index contributed by atoms with van der Waals surface area (Å²) in [6, 6.07) is 1.27. The highest BCUT2D eigenvalue weighted by atomic mass is 16.7. The minimum absolute atomic E-state index is 0.0599. The zero-order chi connectivity index (χ0) is 22.6. The molecule has 0 bridgehead atoms. The van der Waals surface area contributed by atoms with E-state index in [9.17, 15) is 15.0 Å². The smallest absolute Gasteiger partial charge is 0.339 e. The van der Waals surface area contributed by atoms with E-state index in [2.05, 4.69) is 0 Å². The topological polar surface area (TPSA) is 102 Å². The van der Waals surface area contributed by atoms with Gasteiger partial charge in [-0.3, -0.25) is 0 Å². The van der Waals surface area contributed by atoms with Crippen LogP contribution in [0.2, 0.25) is 0 Å². The molecule has 2 aliphatic rings. The maximum atomic E-state index is 11.8. The summed E-state index contributed by atoms with van der Waals surface area (Å²) in [6.07, 6.45) is 1.96. The molecule has 30 heavy (non-hydrogen) atoms. The Morgan fingerprint density at radius 3 is 2.47 bits per heavy atom. The molecule has 2 saturated heterocycles. The van der Waals surface area contributed by atoms with Crippen molar-refractivity contribution < 1.29 is 28.8 Å². The molecule has 6 atom stereocenters. The second kappa shape index (κ2) is 7.34. The van der Waals surface area contributed by atoms with Crippen molar-refractivity contribution in [2.75, 3.05) is 7.11 Å². The van der Waals surface area contributed by atoms with Gasteiger partial charge in [0, 0.05) is 5.56 Å². The normalized spacial score (nSPS) is 34.3. The number of hydrogen-bond acceptors (Lipinski definition) is 7. The molecule has 0 saturated carbocycles. The molecular weight excluding hydrogens is 388 g/mol. The van der Waals surface area contributed by atoms with Crippen molar-refractivity contribution in [3.05, 3.63) is 45.5 Å². The molecule has 0 aromatic carbocycles. The van der Waals surface area contributed by atoms with Crippen molar-refractivity contribution in [3.8, 4) is 5.75 Å². The number of hydrogen-bond donors (Lipinski definition) is 2. The molecule has 0 aliphatic carbocycles. The first-order valence-corrected chi connectivity index (χ1v) is 10.1. The van der Waals surface area contributed by atoms with E-state index < -0.39 is 22.9 Å². The lowest BCUT2D eigenvalue weighted by atomic mass is 9.87. The van der Waals surface area contributed by atoms with Gasteiger partial charge in [0.15, 0.2) is 0 Å². The van der Waals surface area contributed by atoms with Crippen LogP contribution in [0.25, 0.3) is 5.57 Å². The Kier molecular flexibility index (Phi) is 5.56. The van der Waals surface area contributed by atoms with E-state index in [0.29, 0.717) is 28.2 Å². The Labute approximate surface area is 177 Å². The second-order valence-corrected chi connectivity index (χ2v) is 9.06. The highest BCUT2D eigenvalue weighted by molar-refractivity contribution is 5.65. The lowest BCUT2D eigenvalue weighted by molar-refractivity contribution is -0.0735. The molecule has 1 aromatic heterocycles. The van der Waals surface area contributed by atoms with Crippen LogP contribution in [0.15, 0.2) is 33.0 Å². The maximum absolute atomic E-state index is 11.8. The molecule has 0 amide bonds. The number of epoxide rings is 1. The lowest BCUT2D eigenvalue weighted by Crippen LogP contribution is -2.40. The first kappa shape index (κ1) is 22.7. The van der Waals surface area contributed by atoms with Crippen LogP contribution < -0.4 is 10.4 Å². The summed E-state index contributed by atoms with van der Waals surface area (Å²) in [7, 11) is 1.47. The molecule has 166 valence electrons. The van der Waals surface area contributed by atoms with Gasteiger partial charge in [-0.1, -0.05) is 0 Å². The van der Waals surface area contributed by atoms with E-state index >= 15 is 0 Å². The minimum atomic E-state index is -1.62. The Hall–Kier alpha value is -1.93. The van der Waals surface area contributed by atoms with E-state index in [0.717, 1.165) is 0 Å². The third kappa shape index (κ3) is 3.75. The number of aliphatic hydroxyl groups is 2. The van der Waals surface area contributed by atoms with Crippen LogP contribution >= 0.6 is 0 Å². The zero-order valence-corrected chi connectivity index (χ0v) is 18.9. The first-order chi connectivity index (χ1) is 13.7. The number of fused-ring (bicyclic) bond motifs is 1. The molecule has 1 aromatic rings. The third-order valence-electron chi connectivity index (χ3n) is 6.34. The van der Waals surface area contributed by atoms with Crippen molar-refractivity contribution in [1.82, 2.24) is 0 Å². The fourth-order valence-electron chi connectivity index (χ4n) is 4.58. The number of rotatable bonds is 6. The minimum Gasteiger partial charge on any atom is -0.496 e. The van der Waals surface area contributed by atoms with Gasteiger partial charge >= 0.3 is 5.63 Å². The molecule has 0 spiro atoms. The number of aliphatic hydroxyl groups excluding tert-OH is 1. The Morgan fingerprint density at radius 1 is 1.33 bits per heavy atom. The Morgan fingerprint density at radius 2 is 1.97 bits per heavy atom. The molecule has 2 aliphatic heterocycles. The summed E-state index contributed by atoms with van der Waals surface area (Å²) in [5.74, 6) is 0.702. The molecule has 3 heterocycles. The van der Waals surface area contributed by atoms with Gasteiger partial charge in [-0.2, -0.15) is 0 Å². The van der Waals surface area contributed by atoms with Crippen LogP contribution in [0.5, 0.6) is 5.75 Å². The van der Waals surface area contributed by atoms with Gasteiger partial charge in [0.05, 0.1) is 19.3 Å². The van der Waals surface area contributed by atoms with Gasteiger partial charge in [-0.05, 0) is 71.8 Å². The fraction of sp³-hybridized carbons (Fsp3) is 0.609. The average Bonchev–Trinajstić information content (AvgIpc) is 3.31.